The Balaban J connectivity index is 1.95. The van der Waals surface area contributed by atoms with Crippen LogP contribution in [0.1, 0.15) is 35.7 Å². The van der Waals surface area contributed by atoms with Crippen molar-refractivity contribution in [2.75, 3.05) is 5.75 Å². The highest BCUT2D eigenvalue weighted by Gasteiger charge is 2.33. The van der Waals surface area contributed by atoms with Crippen LogP contribution in [-0.4, -0.2) is 17.3 Å². The van der Waals surface area contributed by atoms with Crippen LogP contribution in [-0.2, 0) is 4.79 Å². The summed E-state index contributed by atoms with van der Waals surface area (Å²) in [6, 6.07) is 17.1. The Morgan fingerprint density at radius 1 is 1.13 bits per heavy atom. The number of rotatable bonds is 6. The van der Waals surface area contributed by atoms with Gasteiger partial charge in [0.15, 0.2) is 11.6 Å². The number of allylic oxidation sites excluding steroid dienone is 3. The largest absolute Gasteiger partial charge is 0.353 e. The first-order valence-electron chi connectivity index (χ1n) is 9.11. The SMILES string of the molecule is CC(=O)C1=C(C)NC(SCC(=O)c2cccc(Br)c2)=C(C#N)C1c1ccc(Br)cc1. The molecule has 2 aromatic carbocycles. The van der Waals surface area contributed by atoms with Gasteiger partial charge in [0.05, 0.1) is 28.3 Å². The number of nitrogens with one attached hydrogen (secondary N) is 1. The zero-order chi connectivity index (χ0) is 21.8. The maximum Gasteiger partial charge on any atom is 0.173 e. The number of thioether (sulfide) groups is 1. The molecule has 1 heterocycles. The van der Waals surface area contributed by atoms with Gasteiger partial charge in [-0.1, -0.05) is 67.9 Å². The highest BCUT2D eigenvalue weighted by molar-refractivity contribution is 9.10. The molecule has 0 aromatic heterocycles. The summed E-state index contributed by atoms with van der Waals surface area (Å²) in [5.41, 5.74) is 3.17. The van der Waals surface area contributed by atoms with Crippen LogP contribution in [0, 0.1) is 11.3 Å². The maximum absolute atomic E-state index is 12.6. The smallest absolute Gasteiger partial charge is 0.173 e. The van der Waals surface area contributed by atoms with E-state index in [0.717, 1.165) is 14.5 Å². The molecule has 152 valence electrons. The first-order valence-corrected chi connectivity index (χ1v) is 11.7. The number of Topliss-reactive ketones (excluding diaryl/α,β-unsaturated/α-hetero) is 2. The summed E-state index contributed by atoms with van der Waals surface area (Å²) in [7, 11) is 0. The predicted molar refractivity (Wildman–Crippen MR) is 127 cm³/mol. The van der Waals surface area contributed by atoms with Crippen LogP contribution in [0.15, 0.2) is 79.3 Å². The quantitative estimate of drug-likeness (QED) is 0.443. The van der Waals surface area contributed by atoms with Gasteiger partial charge in [0.25, 0.3) is 0 Å². The van der Waals surface area contributed by atoms with E-state index >= 15 is 0 Å². The predicted octanol–water partition coefficient (Wildman–Crippen LogP) is 6.11. The fourth-order valence-corrected chi connectivity index (χ4v) is 5.01. The lowest BCUT2D eigenvalue weighted by molar-refractivity contribution is -0.113. The molecule has 3 rings (SSSR count). The van der Waals surface area contributed by atoms with Crippen molar-refractivity contribution in [1.82, 2.24) is 5.32 Å². The lowest BCUT2D eigenvalue weighted by atomic mass is 9.81. The number of benzene rings is 2. The van der Waals surface area contributed by atoms with Crippen molar-refractivity contribution in [3.8, 4) is 6.07 Å². The van der Waals surface area contributed by atoms with Crippen molar-refractivity contribution in [2.24, 2.45) is 0 Å². The summed E-state index contributed by atoms with van der Waals surface area (Å²) < 4.78 is 1.76. The number of ketones is 2. The van der Waals surface area contributed by atoms with Gasteiger partial charge in [-0.2, -0.15) is 5.26 Å². The van der Waals surface area contributed by atoms with E-state index < -0.39 is 5.92 Å². The van der Waals surface area contributed by atoms with Gasteiger partial charge < -0.3 is 5.32 Å². The van der Waals surface area contributed by atoms with Crippen molar-refractivity contribution in [3.05, 3.63) is 90.5 Å². The minimum absolute atomic E-state index is 0.0351. The summed E-state index contributed by atoms with van der Waals surface area (Å²) >= 11 is 8.09. The fourth-order valence-electron chi connectivity index (χ4n) is 3.36. The second-order valence-corrected chi connectivity index (χ2v) is 9.60. The molecule has 0 spiro atoms. The summed E-state index contributed by atoms with van der Waals surface area (Å²) in [5.74, 6) is -0.410. The lowest BCUT2D eigenvalue weighted by Gasteiger charge is -2.29. The van der Waals surface area contributed by atoms with Crippen LogP contribution in [0.3, 0.4) is 0 Å². The van der Waals surface area contributed by atoms with Crippen molar-refractivity contribution in [3.63, 3.8) is 0 Å². The number of nitrogens with zero attached hydrogens (tertiary/aromatic N) is 1. The third-order valence-corrected chi connectivity index (χ3v) is 6.76. The molecule has 0 aliphatic carbocycles. The third-order valence-electron chi connectivity index (χ3n) is 4.72. The van der Waals surface area contributed by atoms with Crippen LogP contribution in [0.25, 0.3) is 0 Å². The first kappa shape index (κ1) is 22.5. The van der Waals surface area contributed by atoms with E-state index in [1.165, 1.54) is 18.7 Å². The van der Waals surface area contributed by atoms with E-state index in [0.29, 0.717) is 27.4 Å². The van der Waals surface area contributed by atoms with Crippen molar-refractivity contribution in [2.45, 2.75) is 19.8 Å². The van der Waals surface area contributed by atoms with Crippen LogP contribution in [0.4, 0.5) is 0 Å². The number of carbonyl (C=O) groups is 2. The number of carbonyl (C=O) groups excluding carboxylic acids is 2. The third kappa shape index (κ3) is 4.94. The summed E-state index contributed by atoms with van der Waals surface area (Å²) in [6.45, 7) is 3.34. The molecule has 30 heavy (non-hydrogen) atoms. The zero-order valence-corrected chi connectivity index (χ0v) is 20.3. The molecule has 0 radical (unpaired) electrons. The average Bonchev–Trinajstić information content (AvgIpc) is 2.71. The molecule has 1 unspecified atom stereocenters. The van der Waals surface area contributed by atoms with Gasteiger partial charge in [-0.15, -0.1) is 0 Å². The second-order valence-electron chi connectivity index (χ2n) is 6.78. The normalized spacial score (nSPS) is 16.2. The Bertz CT molecular complexity index is 1110. The van der Waals surface area contributed by atoms with E-state index in [-0.39, 0.29) is 17.3 Å². The van der Waals surface area contributed by atoms with Gasteiger partial charge in [-0.3, -0.25) is 9.59 Å². The molecule has 0 fully saturated rings. The monoisotopic (exact) mass is 544 g/mol. The standard InChI is InChI=1S/C23H18Br2N2O2S/c1-13-21(14(2)28)22(15-6-8-17(24)9-7-15)19(11-26)23(27-13)30-12-20(29)16-4-3-5-18(25)10-16/h3-10,22,27H,12H2,1-2H3. The number of dihydropyridines is 1. The highest BCUT2D eigenvalue weighted by Crippen LogP contribution is 2.41. The van der Waals surface area contributed by atoms with Crippen molar-refractivity contribution in [1.29, 1.82) is 5.26 Å². The van der Waals surface area contributed by atoms with Gasteiger partial charge >= 0.3 is 0 Å². The minimum atomic E-state index is -0.467. The second kappa shape index (κ2) is 9.78. The fraction of sp³-hybridized carbons (Fsp3) is 0.174. The molecule has 0 saturated carbocycles. The Morgan fingerprint density at radius 2 is 1.83 bits per heavy atom. The molecule has 4 nitrogen and oxygen atoms in total. The van der Waals surface area contributed by atoms with Crippen molar-refractivity contribution < 1.29 is 9.59 Å². The Morgan fingerprint density at radius 3 is 2.43 bits per heavy atom. The molecule has 1 aliphatic heterocycles. The van der Waals surface area contributed by atoms with Gasteiger partial charge in [-0.05, 0) is 43.7 Å². The molecule has 0 bridgehead atoms. The Kier molecular flexibility index (Phi) is 7.35. The van der Waals surface area contributed by atoms with Gasteiger partial charge in [-0.25, -0.2) is 0 Å². The summed E-state index contributed by atoms with van der Waals surface area (Å²) in [4.78, 5) is 25.0. The lowest BCUT2D eigenvalue weighted by Crippen LogP contribution is -2.27. The molecular weight excluding hydrogens is 528 g/mol. The van der Waals surface area contributed by atoms with Crippen LogP contribution < -0.4 is 5.32 Å². The molecule has 1 aliphatic rings. The summed E-state index contributed by atoms with van der Waals surface area (Å²) in [5, 5.41) is 13.8. The van der Waals surface area contributed by atoms with Crippen LogP contribution in [0.2, 0.25) is 0 Å². The van der Waals surface area contributed by atoms with Gasteiger partial charge in [0.1, 0.15) is 0 Å². The van der Waals surface area contributed by atoms with Gasteiger partial charge in [0, 0.05) is 25.8 Å². The molecule has 2 aromatic rings. The molecule has 0 amide bonds. The number of hydrogen-bond acceptors (Lipinski definition) is 5. The van der Waals surface area contributed by atoms with E-state index in [1.54, 1.807) is 12.1 Å². The topological polar surface area (TPSA) is 70.0 Å². The van der Waals surface area contributed by atoms with E-state index in [2.05, 4.69) is 43.2 Å². The molecule has 0 saturated heterocycles. The number of halogens is 2. The van der Waals surface area contributed by atoms with Crippen LogP contribution in [0.5, 0.6) is 0 Å². The zero-order valence-electron chi connectivity index (χ0n) is 16.3. The molecule has 1 N–H and O–H groups in total. The Labute approximate surface area is 196 Å². The van der Waals surface area contributed by atoms with E-state index in [9.17, 15) is 14.9 Å². The Hall–Kier alpha value is -2.14. The minimum Gasteiger partial charge on any atom is -0.353 e. The van der Waals surface area contributed by atoms with Crippen molar-refractivity contribution >= 4 is 55.2 Å². The maximum atomic E-state index is 12.6. The van der Waals surface area contributed by atoms with E-state index in [4.69, 9.17) is 0 Å². The van der Waals surface area contributed by atoms with E-state index in [1.807, 2.05) is 43.3 Å². The van der Waals surface area contributed by atoms with Gasteiger partial charge in [0.2, 0.25) is 0 Å². The molecule has 7 heteroatoms. The summed E-state index contributed by atoms with van der Waals surface area (Å²) in [6.07, 6.45) is 0. The molecular formula is C23H18Br2N2O2S. The number of hydrogen-bond donors (Lipinski definition) is 1. The highest BCUT2D eigenvalue weighted by atomic mass is 79.9. The molecule has 1 atom stereocenters. The number of nitriles is 1. The average molecular weight is 546 g/mol. The first-order chi connectivity index (χ1) is 14.3. The van der Waals surface area contributed by atoms with Crippen LogP contribution >= 0.6 is 43.6 Å².